The fourth-order valence-corrected chi connectivity index (χ4v) is 4.07. The number of rotatable bonds is 4. The Morgan fingerprint density at radius 1 is 1.27 bits per heavy atom. The van der Waals surface area contributed by atoms with Crippen molar-refractivity contribution in [1.29, 1.82) is 5.26 Å². The molecule has 4 rings (SSSR count). The molecule has 0 saturated carbocycles. The first-order chi connectivity index (χ1) is 14.5. The lowest BCUT2D eigenvalue weighted by atomic mass is 9.84. The van der Waals surface area contributed by atoms with Gasteiger partial charge >= 0.3 is 0 Å². The summed E-state index contributed by atoms with van der Waals surface area (Å²) in [6.07, 6.45) is 3.70. The summed E-state index contributed by atoms with van der Waals surface area (Å²) in [6.45, 7) is 2.17. The maximum atomic E-state index is 13.6. The average Bonchev–Trinajstić information content (AvgIpc) is 2.76. The van der Waals surface area contributed by atoms with E-state index < -0.39 is 5.92 Å². The van der Waals surface area contributed by atoms with E-state index in [0.29, 0.717) is 17.9 Å². The largest absolute Gasteiger partial charge is 0.440 e. The van der Waals surface area contributed by atoms with Crippen molar-refractivity contribution < 1.29 is 4.74 Å². The molecule has 3 aromatic rings. The molecule has 7 heteroatoms. The van der Waals surface area contributed by atoms with E-state index in [4.69, 9.17) is 10.5 Å². The molecule has 0 saturated heterocycles. The SMILES string of the molecule is CSc1ccc(C2C(C#N)=C(N)Oc3cc(C)n(Cc4ccccn4)c(=O)c32)cc1. The van der Waals surface area contributed by atoms with Gasteiger partial charge < -0.3 is 15.0 Å². The maximum Gasteiger partial charge on any atom is 0.259 e. The first kappa shape index (κ1) is 19.8. The average molecular weight is 417 g/mol. The molecule has 0 amide bonds. The Kier molecular flexibility index (Phi) is 5.34. The van der Waals surface area contributed by atoms with Crippen LogP contribution >= 0.6 is 11.8 Å². The smallest absolute Gasteiger partial charge is 0.259 e. The number of pyridine rings is 2. The van der Waals surface area contributed by atoms with Gasteiger partial charge in [-0.05, 0) is 43.0 Å². The molecule has 150 valence electrons. The number of nitrogens with two attached hydrogens (primary N) is 1. The zero-order valence-corrected chi connectivity index (χ0v) is 17.4. The predicted octanol–water partition coefficient (Wildman–Crippen LogP) is 3.54. The molecule has 1 unspecified atom stereocenters. The van der Waals surface area contributed by atoms with Crippen molar-refractivity contribution in [1.82, 2.24) is 9.55 Å². The van der Waals surface area contributed by atoms with E-state index in [1.807, 2.05) is 55.6 Å². The van der Waals surface area contributed by atoms with Gasteiger partial charge in [0.05, 0.1) is 23.7 Å². The summed E-state index contributed by atoms with van der Waals surface area (Å²) >= 11 is 1.63. The second kappa shape index (κ2) is 8.09. The number of nitrogens with zero attached hydrogens (tertiary/aromatic N) is 3. The number of hydrogen-bond acceptors (Lipinski definition) is 6. The van der Waals surface area contributed by atoms with Gasteiger partial charge in [-0.25, -0.2) is 0 Å². The first-order valence-electron chi connectivity index (χ1n) is 9.39. The van der Waals surface area contributed by atoms with Crippen LogP contribution in [0.2, 0.25) is 0 Å². The Morgan fingerprint density at radius 2 is 2.03 bits per heavy atom. The summed E-state index contributed by atoms with van der Waals surface area (Å²) in [4.78, 5) is 19.0. The van der Waals surface area contributed by atoms with Crippen LogP contribution in [0.5, 0.6) is 5.75 Å². The number of aryl methyl sites for hydroxylation is 1. The molecule has 1 aliphatic rings. The van der Waals surface area contributed by atoms with E-state index in [-0.39, 0.29) is 17.0 Å². The number of hydrogen-bond donors (Lipinski definition) is 1. The van der Waals surface area contributed by atoms with Crippen LogP contribution in [0.3, 0.4) is 0 Å². The Labute approximate surface area is 178 Å². The summed E-state index contributed by atoms with van der Waals surface area (Å²) in [6, 6.07) is 17.3. The third kappa shape index (κ3) is 3.46. The summed E-state index contributed by atoms with van der Waals surface area (Å²) in [5, 5.41) is 9.78. The summed E-state index contributed by atoms with van der Waals surface area (Å²) in [5.74, 6) is -0.159. The Balaban J connectivity index is 1.90. The van der Waals surface area contributed by atoms with Gasteiger partial charge in [-0.1, -0.05) is 18.2 Å². The number of aromatic nitrogens is 2. The normalized spacial score (nSPS) is 15.3. The highest BCUT2D eigenvalue weighted by Crippen LogP contribution is 2.40. The van der Waals surface area contributed by atoms with Gasteiger partial charge in [0.2, 0.25) is 5.88 Å². The predicted molar refractivity (Wildman–Crippen MR) is 116 cm³/mol. The van der Waals surface area contributed by atoms with E-state index in [0.717, 1.165) is 21.8 Å². The van der Waals surface area contributed by atoms with E-state index in [1.54, 1.807) is 28.6 Å². The molecule has 1 atom stereocenters. The number of nitriles is 1. The molecule has 1 aliphatic heterocycles. The zero-order chi connectivity index (χ0) is 21.3. The van der Waals surface area contributed by atoms with Crippen molar-refractivity contribution in [2.24, 2.45) is 5.73 Å². The van der Waals surface area contributed by atoms with Crippen LogP contribution in [0.4, 0.5) is 0 Å². The molecule has 30 heavy (non-hydrogen) atoms. The maximum absolute atomic E-state index is 13.6. The molecule has 6 nitrogen and oxygen atoms in total. The van der Waals surface area contributed by atoms with E-state index in [2.05, 4.69) is 11.1 Å². The molecule has 0 fully saturated rings. The second-order valence-corrected chi connectivity index (χ2v) is 7.85. The summed E-state index contributed by atoms with van der Waals surface area (Å²) < 4.78 is 7.36. The minimum atomic E-state index is -0.585. The number of benzene rings is 1. The minimum absolute atomic E-state index is 0.0326. The molecule has 3 heterocycles. The lowest BCUT2D eigenvalue weighted by Crippen LogP contribution is -2.33. The zero-order valence-electron chi connectivity index (χ0n) is 16.6. The van der Waals surface area contributed by atoms with Crippen molar-refractivity contribution in [2.75, 3.05) is 6.26 Å². The van der Waals surface area contributed by atoms with Crippen LogP contribution in [0, 0.1) is 18.3 Å². The van der Waals surface area contributed by atoms with E-state index in [9.17, 15) is 10.1 Å². The number of allylic oxidation sites excluding steroid dienone is 1. The van der Waals surface area contributed by atoms with Crippen molar-refractivity contribution in [3.05, 3.63) is 99.1 Å². The Morgan fingerprint density at radius 3 is 2.67 bits per heavy atom. The van der Waals surface area contributed by atoms with Crippen LogP contribution in [0.25, 0.3) is 0 Å². The number of fused-ring (bicyclic) bond motifs is 1. The molecule has 0 bridgehead atoms. The third-order valence-corrected chi connectivity index (χ3v) is 5.93. The van der Waals surface area contributed by atoms with Gasteiger partial charge in [0.1, 0.15) is 17.4 Å². The van der Waals surface area contributed by atoms with Gasteiger partial charge in [0, 0.05) is 22.9 Å². The summed E-state index contributed by atoms with van der Waals surface area (Å²) in [7, 11) is 0. The standard InChI is InChI=1S/C23H20N4O2S/c1-14-11-19-21(23(28)27(14)13-16-5-3-4-10-26-16)20(18(12-24)22(25)29-19)15-6-8-17(30-2)9-7-15/h3-11,20H,13,25H2,1-2H3. The summed E-state index contributed by atoms with van der Waals surface area (Å²) in [5.41, 5.74) is 8.83. The minimum Gasteiger partial charge on any atom is -0.440 e. The highest BCUT2D eigenvalue weighted by Gasteiger charge is 2.34. The molecule has 0 radical (unpaired) electrons. The fourth-order valence-electron chi connectivity index (χ4n) is 3.67. The van der Waals surface area contributed by atoms with E-state index in [1.165, 1.54) is 0 Å². The van der Waals surface area contributed by atoms with Crippen molar-refractivity contribution in [3.8, 4) is 11.8 Å². The van der Waals surface area contributed by atoms with Gasteiger partial charge in [0.15, 0.2) is 0 Å². The van der Waals surface area contributed by atoms with Gasteiger partial charge in [-0.15, -0.1) is 11.8 Å². The van der Waals surface area contributed by atoms with Crippen LogP contribution in [-0.2, 0) is 6.54 Å². The van der Waals surface area contributed by atoms with Crippen molar-refractivity contribution in [2.45, 2.75) is 24.3 Å². The highest BCUT2D eigenvalue weighted by atomic mass is 32.2. The first-order valence-corrected chi connectivity index (χ1v) is 10.6. The molecule has 2 aromatic heterocycles. The third-order valence-electron chi connectivity index (χ3n) is 5.19. The second-order valence-electron chi connectivity index (χ2n) is 6.97. The monoisotopic (exact) mass is 416 g/mol. The highest BCUT2D eigenvalue weighted by molar-refractivity contribution is 7.98. The molecule has 0 spiro atoms. The molecule has 2 N–H and O–H groups in total. The Hall–Kier alpha value is -3.50. The Bertz CT molecular complexity index is 1230. The van der Waals surface area contributed by atoms with Crippen LogP contribution in [0.15, 0.2) is 75.9 Å². The molecular weight excluding hydrogens is 396 g/mol. The van der Waals surface area contributed by atoms with Crippen LogP contribution < -0.4 is 16.0 Å². The fraction of sp³-hybridized carbons (Fsp3) is 0.174. The lowest BCUT2D eigenvalue weighted by Gasteiger charge is -2.27. The van der Waals surface area contributed by atoms with Crippen molar-refractivity contribution >= 4 is 11.8 Å². The molecule has 1 aromatic carbocycles. The van der Waals surface area contributed by atoms with E-state index >= 15 is 0 Å². The van der Waals surface area contributed by atoms with Gasteiger partial charge in [0.25, 0.3) is 5.56 Å². The van der Waals surface area contributed by atoms with Crippen LogP contribution in [0.1, 0.15) is 28.4 Å². The number of ether oxygens (including phenoxy) is 1. The number of thioether (sulfide) groups is 1. The molecule has 0 aliphatic carbocycles. The quantitative estimate of drug-likeness (QED) is 0.654. The van der Waals surface area contributed by atoms with Gasteiger partial charge in [-0.3, -0.25) is 9.78 Å². The topological polar surface area (TPSA) is 93.9 Å². The molecular formula is C23H20N4O2S. The lowest BCUT2D eigenvalue weighted by molar-refractivity contribution is 0.389. The van der Waals surface area contributed by atoms with Crippen LogP contribution in [-0.4, -0.2) is 15.8 Å². The van der Waals surface area contributed by atoms with Crippen molar-refractivity contribution in [3.63, 3.8) is 0 Å². The van der Waals surface area contributed by atoms with Gasteiger partial charge in [-0.2, -0.15) is 5.26 Å².